The Morgan fingerprint density at radius 2 is 1.81 bits per heavy atom. The summed E-state index contributed by atoms with van der Waals surface area (Å²) in [6.07, 6.45) is -2.73. The smallest absolute Gasteiger partial charge is 0.381 e. The average molecular weight is 365 g/mol. The molecule has 0 unspecified atom stereocenters. The molecule has 3 rings (SSSR count). The molecule has 2 aromatic heterocycles. The molecule has 0 N–H and O–H groups in total. The second-order valence-electron chi connectivity index (χ2n) is 6.74. The van der Waals surface area contributed by atoms with Gasteiger partial charge in [0.25, 0.3) is 0 Å². The first-order valence-corrected chi connectivity index (χ1v) is 8.73. The van der Waals surface area contributed by atoms with Crippen LogP contribution in [0.25, 0.3) is 11.0 Å². The summed E-state index contributed by atoms with van der Waals surface area (Å²) in [6, 6.07) is 1.92. The summed E-state index contributed by atoms with van der Waals surface area (Å²) in [4.78, 5) is 13.8. The Bertz CT molecular complexity index is 827. The minimum Gasteiger partial charge on any atom is -0.381 e. The lowest BCUT2D eigenvalue weighted by Gasteiger charge is -2.22. The third kappa shape index (κ3) is 4.03. The first-order chi connectivity index (χ1) is 12.3. The van der Waals surface area contributed by atoms with Crippen LogP contribution in [0.1, 0.15) is 48.0 Å². The lowest BCUT2D eigenvalue weighted by Crippen LogP contribution is -2.16. The molecular formula is C19H22F3N3O. The molecule has 1 saturated heterocycles. The number of alkyl halides is 3. The Labute approximate surface area is 150 Å². The van der Waals surface area contributed by atoms with Crippen molar-refractivity contribution in [3.8, 4) is 0 Å². The molecule has 0 saturated carbocycles. The van der Waals surface area contributed by atoms with Crippen molar-refractivity contribution in [2.75, 3.05) is 13.2 Å². The number of nitrogens with zero attached hydrogens (tertiary/aromatic N) is 3. The number of fused-ring (bicyclic) bond motifs is 1. The third-order valence-corrected chi connectivity index (χ3v) is 4.86. The first kappa shape index (κ1) is 18.8. The first-order valence-electron chi connectivity index (χ1n) is 8.73. The third-order valence-electron chi connectivity index (χ3n) is 4.86. The summed E-state index contributed by atoms with van der Waals surface area (Å²) in [5.74, 6) is 0.237. The number of aryl methyl sites for hydroxylation is 3. The maximum Gasteiger partial charge on any atom is 0.412 e. The second kappa shape index (κ2) is 7.31. The summed E-state index contributed by atoms with van der Waals surface area (Å²) in [6.45, 7) is 8.22. The van der Waals surface area contributed by atoms with Crippen LogP contribution in [0.5, 0.6) is 0 Å². The number of rotatable bonds is 4. The van der Waals surface area contributed by atoms with E-state index in [2.05, 4.69) is 21.5 Å². The molecule has 2 aromatic rings. The number of aromatic nitrogens is 3. The highest BCUT2D eigenvalue weighted by molar-refractivity contribution is 5.77. The van der Waals surface area contributed by atoms with Crippen LogP contribution < -0.4 is 0 Å². The van der Waals surface area contributed by atoms with E-state index in [-0.39, 0.29) is 18.8 Å². The Balaban J connectivity index is 2.00. The van der Waals surface area contributed by atoms with Gasteiger partial charge >= 0.3 is 6.18 Å². The number of halogens is 3. The van der Waals surface area contributed by atoms with Crippen LogP contribution in [0.15, 0.2) is 18.2 Å². The largest absolute Gasteiger partial charge is 0.412 e. The Morgan fingerprint density at radius 3 is 2.46 bits per heavy atom. The fraction of sp³-hybridized carbons (Fsp3) is 0.526. The number of ether oxygens (including phenoxy) is 1. The van der Waals surface area contributed by atoms with Crippen LogP contribution in [-0.4, -0.2) is 34.3 Å². The average Bonchev–Trinajstić information content (AvgIpc) is 2.60. The molecule has 140 valence electrons. The Hall–Kier alpha value is -2.02. The van der Waals surface area contributed by atoms with E-state index in [1.807, 2.05) is 19.9 Å². The highest BCUT2D eigenvalue weighted by atomic mass is 19.4. The normalized spacial score (nSPS) is 16.2. The quantitative estimate of drug-likeness (QED) is 0.744. The molecule has 1 fully saturated rings. The maximum absolute atomic E-state index is 12.8. The minimum absolute atomic E-state index is 0.142. The summed E-state index contributed by atoms with van der Waals surface area (Å²) < 4.78 is 43.8. The van der Waals surface area contributed by atoms with Crippen molar-refractivity contribution in [1.82, 2.24) is 15.0 Å². The molecule has 0 radical (unpaired) electrons. The predicted octanol–water partition coefficient (Wildman–Crippen LogP) is 4.59. The fourth-order valence-electron chi connectivity index (χ4n) is 3.10. The molecule has 0 amide bonds. The van der Waals surface area contributed by atoms with E-state index < -0.39 is 11.7 Å². The number of hydrogen-bond acceptors (Lipinski definition) is 4. The molecule has 7 heteroatoms. The van der Waals surface area contributed by atoms with Crippen LogP contribution in [-0.2, 0) is 11.2 Å². The van der Waals surface area contributed by atoms with E-state index in [1.165, 1.54) is 0 Å². The van der Waals surface area contributed by atoms with E-state index in [4.69, 9.17) is 4.74 Å². The number of hydrogen-bond donors (Lipinski definition) is 0. The van der Waals surface area contributed by atoms with Gasteiger partial charge in [0.05, 0.1) is 22.6 Å². The highest BCUT2D eigenvalue weighted by Crippen LogP contribution is 2.31. The zero-order chi connectivity index (χ0) is 18.9. The second-order valence-corrected chi connectivity index (χ2v) is 6.74. The Kier molecular flexibility index (Phi) is 5.27. The summed E-state index contributed by atoms with van der Waals surface area (Å²) in [5, 5.41) is 0. The van der Waals surface area contributed by atoms with Gasteiger partial charge in [0.2, 0.25) is 0 Å². The van der Waals surface area contributed by atoms with Gasteiger partial charge in [-0.1, -0.05) is 6.58 Å². The van der Waals surface area contributed by atoms with E-state index in [9.17, 15) is 13.2 Å². The van der Waals surface area contributed by atoms with Crippen molar-refractivity contribution in [3.05, 3.63) is 41.0 Å². The van der Waals surface area contributed by atoms with Crippen LogP contribution in [0.3, 0.4) is 0 Å². The van der Waals surface area contributed by atoms with E-state index in [0.717, 1.165) is 29.9 Å². The number of pyridine rings is 1. The molecule has 0 atom stereocenters. The molecule has 0 aliphatic carbocycles. The van der Waals surface area contributed by atoms with Crippen molar-refractivity contribution in [1.29, 1.82) is 0 Å². The Morgan fingerprint density at radius 1 is 1.15 bits per heavy atom. The maximum atomic E-state index is 12.8. The zero-order valence-corrected chi connectivity index (χ0v) is 15.0. The van der Waals surface area contributed by atoms with E-state index in [0.29, 0.717) is 29.9 Å². The van der Waals surface area contributed by atoms with Crippen molar-refractivity contribution in [3.63, 3.8) is 0 Å². The highest BCUT2D eigenvalue weighted by Gasteiger charge is 2.31. The fourth-order valence-corrected chi connectivity index (χ4v) is 3.10. The predicted molar refractivity (Wildman–Crippen MR) is 93.1 cm³/mol. The van der Waals surface area contributed by atoms with E-state index in [1.54, 1.807) is 0 Å². The van der Waals surface area contributed by atoms with E-state index >= 15 is 0 Å². The van der Waals surface area contributed by atoms with Gasteiger partial charge in [0.1, 0.15) is 5.52 Å². The molecule has 0 bridgehead atoms. The lowest BCUT2D eigenvalue weighted by molar-refractivity contribution is -0.0935. The lowest BCUT2D eigenvalue weighted by atomic mass is 9.95. The summed E-state index contributed by atoms with van der Waals surface area (Å²) in [5.41, 5.74) is 3.52. The summed E-state index contributed by atoms with van der Waals surface area (Å²) in [7, 11) is 0. The van der Waals surface area contributed by atoms with Crippen molar-refractivity contribution in [2.45, 2.75) is 51.6 Å². The SMILES string of the molecule is C=C(CCc1nc(C2CCOCC2)cc2nc(C)c(C)nc12)C(F)(F)F. The van der Waals surface area contributed by atoms with Gasteiger partial charge in [-0.25, -0.2) is 9.97 Å². The van der Waals surface area contributed by atoms with Gasteiger partial charge < -0.3 is 4.74 Å². The molecule has 0 aromatic carbocycles. The van der Waals surface area contributed by atoms with Crippen LogP contribution in [0.4, 0.5) is 13.2 Å². The monoisotopic (exact) mass is 365 g/mol. The topological polar surface area (TPSA) is 47.9 Å². The minimum atomic E-state index is -4.38. The van der Waals surface area contributed by atoms with Gasteiger partial charge in [-0.05, 0) is 45.6 Å². The van der Waals surface area contributed by atoms with Gasteiger partial charge in [-0.15, -0.1) is 0 Å². The molecule has 4 nitrogen and oxygen atoms in total. The summed E-state index contributed by atoms with van der Waals surface area (Å²) >= 11 is 0. The zero-order valence-electron chi connectivity index (χ0n) is 15.0. The van der Waals surface area contributed by atoms with Gasteiger partial charge in [-0.3, -0.25) is 4.98 Å². The molecule has 3 heterocycles. The molecular weight excluding hydrogens is 343 g/mol. The standard InChI is InChI=1S/C19H22F3N3O/c1-11(19(20,21)22)4-5-15-18-17(23-12(2)13(3)24-18)10-16(25-15)14-6-8-26-9-7-14/h10,14H,1,4-9H2,2-3H3. The molecule has 0 spiro atoms. The van der Waals surface area contributed by atoms with Gasteiger partial charge in [0, 0.05) is 30.4 Å². The van der Waals surface area contributed by atoms with Gasteiger partial charge in [0.15, 0.2) is 0 Å². The molecule has 1 aliphatic rings. The van der Waals surface area contributed by atoms with Crippen LogP contribution in [0.2, 0.25) is 0 Å². The van der Waals surface area contributed by atoms with Crippen molar-refractivity contribution in [2.24, 2.45) is 0 Å². The number of allylic oxidation sites excluding steroid dienone is 1. The molecule has 26 heavy (non-hydrogen) atoms. The van der Waals surface area contributed by atoms with Crippen molar-refractivity contribution < 1.29 is 17.9 Å². The van der Waals surface area contributed by atoms with Crippen LogP contribution in [0, 0.1) is 13.8 Å². The van der Waals surface area contributed by atoms with Crippen molar-refractivity contribution >= 4 is 11.0 Å². The van der Waals surface area contributed by atoms with Gasteiger partial charge in [-0.2, -0.15) is 13.2 Å². The molecule has 1 aliphatic heterocycles. The van der Waals surface area contributed by atoms with Crippen LogP contribution >= 0.6 is 0 Å².